The Kier molecular flexibility index (Phi) is 2.70. The second-order valence-electron chi connectivity index (χ2n) is 2.99. The molecule has 0 aromatic rings. The third-order valence-electron chi connectivity index (χ3n) is 2.17. The van der Waals surface area contributed by atoms with E-state index in [9.17, 15) is 0 Å². The summed E-state index contributed by atoms with van der Waals surface area (Å²) in [6.07, 6.45) is 3.16. The quantitative estimate of drug-likeness (QED) is 0.370. The van der Waals surface area contributed by atoms with Crippen molar-refractivity contribution in [3.05, 3.63) is 0 Å². The molecule has 0 aromatic carbocycles. The lowest BCUT2D eigenvalue weighted by Gasteiger charge is -2.11. The summed E-state index contributed by atoms with van der Waals surface area (Å²) in [5.41, 5.74) is 10.5. The van der Waals surface area contributed by atoms with Crippen LogP contribution in [0.5, 0.6) is 0 Å². The topological polar surface area (TPSA) is 84.6 Å². The SMILES string of the molecule is NC(N)=N[C@@H]1CCC[C@@H]1CO. The highest BCUT2D eigenvalue weighted by atomic mass is 16.3. The van der Waals surface area contributed by atoms with E-state index in [4.69, 9.17) is 16.6 Å². The van der Waals surface area contributed by atoms with Gasteiger partial charge < -0.3 is 16.6 Å². The van der Waals surface area contributed by atoms with Crippen LogP contribution in [0.3, 0.4) is 0 Å². The van der Waals surface area contributed by atoms with Crippen LogP contribution < -0.4 is 11.5 Å². The molecule has 1 aliphatic carbocycles. The lowest BCUT2D eigenvalue weighted by atomic mass is 10.1. The van der Waals surface area contributed by atoms with E-state index in [1.165, 1.54) is 0 Å². The molecular weight excluding hydrogens is 142 g/mol. The highest BCUT2D eigenvalue weighted by molar-refractivity contribution is 5.75. The van der Waals surface area contributed by atoms with Gasteiger partial charge in [-0.25, -0.2) is 4.99 Å². The number of hydrogen-bond donors (Lipinski definition) is 3. The second kappa shape index (κ2) is 3.57. The normalized spacial score (nSPS) is 30.3. The molecule has 1 fully saturated rings. The summed E-state index contributed by atoms with van der Waals surface area (Å²) in [5, 5.41) is 8.90. The van der Waals surface area contributed by atoms with Gasteiger partial charge in [-0.1, -0.05) is 6.42 Å². The van der Waals surface area contributed by atoms with E-state index in [1.807, 2.05) is 0 Å². The number of aliphatic hydroxyl groups excluding tert-OH is 1. The Hall–Kier alpha value is -0.770. The van der Waals surface area contributed by atoms with Gasteiger partial charge in [-0.2, -0.15) is 0 Å². The van der Waals surface area contributed by atoms with Gasteiger partial charge in [-0.15, -0.1) is 0 Å². The Morgan fingerprint density at radius 1 is 1.45 bits per heavy atom. The molecule has 0 saturated heterocycles. The van der Waals surface area contributed by atoms with Gasteiger partial charge in [0, 0.05) is 12.5 Å². The Balaban J connectivity index is 2.50. The van der Waals surface area contributed by atoms with Crippen LogP contribution in [-0.2, 0) is 0 Å². The molecule has 0 aliphatic heterocycles. The molecule has 0 radical (unpaired) electrons. The molecule has 64 valence electrons. The zero-order valence-corrected chi connectivity index (χ0v) is 6.53. The maximum atomic E-state index is 8.90. The molecule has 0 spiro atoms. The first-order valence-electron chi connectivity index (χ1n) is 3.93. The van der Waals surface area contributed by atoms with E-state index in [-0.39, 0.29) is 24.5 Å². The molecule has 1 saturated carbocycles. The summed E-state index contributed by atoms with van der Waals surface area (Å²) in [6.45, 7) is 0.196. The molecule has 1 aliphatic rings. The fraction of sp³-hybridized carbons (Fsp3) is 0.857. The largest absolute Gasteiger partial charge is 0.396 e. The van der Waals surface area contributed by atoms with Crippen molar-refractivity contribution < 1.29 is 5.11 Å². The van der Waals surface area contributed by atoms with Crippen molar-refractivity contribution in [3.63, 3.8) is 0 Å². The van der Waals surface area contributed by atoms with Crippen LogP contribution in [0, 0.1) is 5.92 Å². The summed E-state index contributed by atoms with van der Waals surface area (Å²) in [7, 11) is 0. The van der Waals surface area contributed by atoms with Crippen molar-refractivity contribution >= 4 is 5.96 Å². The average Bonchev–Trinajstić information content (AvgIpc) is 2.34. The summed E-state index contributed by atoms with van der Waals surface area (Å²) in [6, 6.07) is 0.157. The monoisotopic (exact) mass is 157 g/mol. The number of nitrogens with two attached hydrogens (primary N) is 2. The van der Waals surface area contributed by atoms with Crippen molar-refractivity contribution in [2.45, 2.75) is 25.3 Å². The lowest BCUT2D eigenvalue weighted by molar-refractivity contribution is 0.218. The van der Waals surface area contributed by atoms with Crippen molar-refractivity contribution in [3.8, 4) is 0 Å². The van der Waals surface area contributed by atoms with Gasteiger partial charge in [0.25, 0.3) is 0 Å². The molecule has 4 heteroatoms. The lowest BCUT2D eigenvalue weighted by Crippen LogP contribution is -2.27. The zero-order chi connectivity index (χ0) is 8.27. The molecule has 0 heterocycles. The first-order chi connectivity index (χ1) is 5.24. The minimum absolute atomic E-state index is 0.135. The second-order valence-corrected chi connectivity index (χ2v) is 2.99. The third kappa shape index (κ3) is 2.08. The number of guanidine groups is 1. The molecule has 5 N–H and O–H groups in total. The fourth-order valence-corrected chi connectivity index (χ4v) is 1.59. The number of aliphatic hydroxyl groups is 1. The predicted molar refractivity (Wildman–Crippen MR) is 44.0 cm³/mol. The fourth-order valence-electron chi connectivity index (χ4n) is 1.59. The van der Waals surface area contributed by atoms with Crippen molar-refractivity contribution in [1.29, 1.82) is 0 Å². The van der Waals surface area contributed by atoms with E-state index < -0.39 is 0 Å². The number of nitrogens with zero attached hydrogens (tertiary/aromatic N) is 1. The number of aliphatic imine (C=N–C) groups is 1. The number of rotatable bonds is 2. The van der Waals surface area contributed by atoms with Crippen molar-refractivity contribution in [1.82, 2.24) is 0 Å². The molecule has 0 aromatic heterocycles. The van der Waals surface area contributed by atoms with E-state index in [1.54, 1.807) is 0 Å². The predicted octanol–water partition coefficient (Wildman–Crippen LogP) is -0.579. The van der Waals surface area contributed by atoms with Crippen LogP contribution in [0.2, 0.25) is 0 Å². The van der Waals surface area contributed by atoms with Crippen LogP contribution >= 0.6 is 0 Å². The Morgan fingerprint density at radius 3 is 2.73 bits per heavy atom. The first kappa shape index (κ1) is 8.33. The summed E-state index contributed by atoms with van der Waals surface area (Å²) in [4.78, 5) is 4.04. The molecule has 0 bridgehead atoms. The Bertz CT molecular complexity index is 154. The van der Waals surface area contributed by atoms with Crippen LogP contribution in [0.25, 0.3) is 0 Å². The van der Waals surface area contributed by atoms with E-state index in [0.717, 1.165) is 19.3 Å². The summed E-state index contributed by atoms with van der Waals surface area (Å²) < 4.78 is 0. The van der Waals surface area contributed by atoms with Gasteiger partial charge in [-0.05, 0) is 12.8 Å². The third-order valence-corrected chi connectivity index (χ3v) is 2.17. The van der Waals surface area contributed by atoms with Gasteiger partial charge in [0.15, 0.2) is 5.96 Å². The minimum atomic E-state index is 0.135. The van der Waals surface area contributed by atoms with E-state index in [2.05, 4.69) is 4.99 Å². The highest BCUT2D eigenvalue weighted by Gasteiger charge is 2.25. The Morgan fingerprint density at radius 2 is 2.18 bits per heavy atom. The van der Waals surface area contributed by atoms with Crippen LogP contribution in [0.1, 0.15) is 19.3 Å². The molecule has 11 heavy (non-hydrogen) atoms. The average molecular weight is 157 g/mol. The maximum Gasteiger partial charge on any atom is 0.186 e. The van der Waals surface area contributed by atoms with Gasteiger partial charge in [-0.3, -0.25) is 0 Å². The first-order valence-corrected chi connectivity index (χ1v) is 3.93. The molecule has 0 amide bonds. The Labute approximate surface area is 66.3 Å². The molecule has 0 unspecified atom stereocenters. The van der Waals surface area contributed by atoms with Gasteiger partial charge in [0.2, 0.25) is 0 Å². The molecule has 1 rings (SSSR count). The van der Waals surface area contributed by atoms with Crippen molar-refractivity contribution in [2.75, 3.05) is 6.61 Å². The standard InChI is InChI=1S/C7H15N3O/c8-7(9)10-6-3-1-2-5(6)4-11/h5-6,11H,1-4H2,(H4,8,9,10)/t5-,6-/m1/s1. The number of hydrogen-bond acceptors (Lipinski definition) is 2. The van der Waals surface area contributed by atoms with Crippen LogP contribution in [0.4, 0.5) is 0 Å². The highest BCUT2D eigenvalue weighted by Crippen LogP contribution is 2.27. The molecule has 4 nitrogen and oxygen atoms in total. The van der Waals surface area contributed by atoms with Gasteiger partial charge in [0.05, 0.1) is 6.04 Å². The summed E-state index contributed by atoms with van der Waals surface area (Å²) >= 11 is 0. The van der Waals surface area contributed by atoms with E-state index >= 15 is 0 Å². The van der Waals surface area contributed by atoms with Crippen molar-refractivity contribution in [2.24, 2.45) is 22.4 Å². The summed E-state index contributed by atoms with van der Waals surface area (Å²) in [5.74, 6) is 0.410. The van der Waals surface area contributed by atoms with Crippen LogP contribution in [0.15, 0.2) is 4.99 Å². The van der Waals surface area contributed by atoms with Gasteiger partial charge >= 0.3 is 0 Å². The van der Waals surface area contributed by atoms with Crippen LogP contribution in [-0.4, -0.2) is 23.7 Å². The van der Waals surface area contributed by atoms with E-state index in [0.29, 0.717) is 0 Å². The molecular formula is C7H15N3O. The molecule has 2 atom stereocenters. The zero-order valence-electron chi connectivity index (χ0n) is 6.53. The smallest absolute Gasteiger partial charge is 0.186 e. The van der Waals surface area contributed by atoms with Gasteiger partial charge in [0.1, 0.15) is 0 Å². The maximum absolute atomic E-state index is 8.90. The minimum Gasteiger partial charge on any atom is -0.396 e.